The third kappa shape index (κ3) is 2.77. The Morgan fingerprint density at radius 3 is 3.00 bits per heavy atom. The minimum absolute atomic E-state index is 0.424. The van der Waals surface area contributed by atoms with E-state index in [0.29, 0.717) is 12.0 Å². The quantitative estimate of drug-likeness (QED) is 0.931. The summed E-state index contributed by atoms with van der Waals surface area (Å²) in [5.74, 6) is 0.585. The number of hydrogen-bond donors (Lipinski definition) is 1. The number of rotatable bonds is 4. The molecule has 0 radical (unpaired) electrons. The van der Waals surface area contributed by atoms with Gasteiger partial charge in [-0.05, 0) is 45.4 Å². The molecule has 1 atom stereocenters. The highest BCUT2D eigenvalue weighted by molar-refractivity contribution is 5.08. The van der Waals surface area contributed by atoms with Crippen molar-refractivity contribution in [2.75, 3.05) is 13.1 Å². The Bertz CT molecular complexity index is 528. The van der Waals surface area contributed by atoms with Gasteiger partial charge in [0.15, 0.2) is 0 Å². The molecule has 0 aliphatic carbocycles. The number of aromatic nitrogens is 4. The summed E-state index contributed by atoms with van der Waals surface area (Å²) in [7, 11) is 0. The van der Waals surface area contributed by atoms with E-state index in [1.807, 2.05) is 12.4 Å². The van der Waals surface area contributed by atoms with Gasteiger partial charge >= 0.3 is 0 Å². The van der Waals surface area contributed by atoms with Gasteiger partial charge in [-0.25, -0.2) is 0 Å². The van der Waals surface area contributed by atoms with E-state index in [-0.39, 0.29) is 0 Å². The van der Waals surface area contributed by atoms with Crippen LogP contribution < -0.4 is 0 Å². The Labute approximate surface area is 120 Å². The fourth-order valence-electron chi connectivity index (χ4n) is 3.11. The van der Waals surface area contributed by atoms with Gasteiger partial charge in [0.2, 0.25) is 0 Å². The van der Waals surface area contributed by atoms with Crippen LogP contribution in [0.1, 0.15) is 50.0 Å². The minimum atomic E-state index is 0.424. The lowest BCUT2D eigenvalue weighted by Gasteiger charge is -2.32. The van der Waals surface area contributed by atoms with Crippen LogP contribution in [0.5, 0.6) is 0 Å². The van der Waals surface area contributed by atoms with Crippen molar-refractivity contribution in [3.05, 3.63) is 35.9 Å². The zero-order chi connectivity index (χ0) is 13.9. The topological polar surface area (TPSA) is 49.7 Å². The van der Waals surface area contributed by atoms with Crippen molar-refractivity contribution in [2.45, 2.75) is 45.2 Å². The molecule has 1 saturated heterocycles. The molecule has 1 fully saturated rings. The average Bonchev–Trinajstić information content (AvgIpc) is 3.10. The first-order valence-corrected chi connectivity index (χ1v) is 7.48. The van der Waals surface area contributed by atoms with Gasteiger partial charge in [-0.2, -0.15) is 10.2 Å². The van der Waals surface area contributed by atoms with Crippen LogP contribution in [-0.4, -0.2) is 38.0 Å². The maximum Gasteiger partial charge on any atom is 0.0527 e. The molecule has 5 heteroatoms. The number of nitrogens with one attached hydrogen (secondary N) is 1. The largest absolute Gasteiger partial charge is 0.297 e. The van der Waals surface area contributed by atoms with Crippen molar-refractivity contribution < 1.29 is 0 Å². The van der Waals surface area contributed by atoms with Gasteiger partial charge in [0.05, 0.1) is 5.69 Å². The van der Waals surface area contributed by atoms with E-state index in [4.69, 9.17) is 0 Å². The molecule has 3 heterocycles. The lowest BCUT2D eigenvalue weighted by atomic mass is 9.95. The first kappa shape index (κ1) is 13.4. The van der Waals surface area contributed by atoms with Crippen LogP contribution in [0.4, 0.5) is 0 Å². The smallest absolute Gasteiger partial charge is 0.0527 e. The summed E-state index contributed by atoms with van der Waals surface area (Å²) in [4.78, 5) is 2.53. The van der Waals surface area contributed by atoms with E-state index >= 15 is 0 Å². The summed E-state index contributed by atoms with van der Waals surface area (Å²) >= 11 is 0. The van der Waals surface area contributed by atoms with Crippen molar-refractivity contribution >= 4 is 0 Å². The fourth-order valence-corrected chi connectivity index (χ4v) is 3.11. The van der Waals surface area contributed by atoms with Crippen molar-refractivity contribution in [3.8, 4) is 0 Å². The van der Waals surface area contributed by atoms with Crippen LogP contribution in [0.2, 0.25) is 0 Å². The van der Waals surface area contributed by atoms with Gasteiger partial charge in [0.25, 0.3) is 0 Å². The zero-order valence-corrected chi connectivity index (χ0v) is 12.3. The first-order chi connectivity index (χ1) is 9.74. The number of piperidine rings is 1. The fraction of sp³-hybridized carbons (Fsp3) is 0.600. The standard InChI is InChI=1S/C15H23N5/c1-12(2)20-14(5-8-17-20)11-19-9-3-4-13(10-19)15-6-7-16-18-15/h5-8,12-13H,3-4,9-11H2,1-2H3,(H,16,18)/t13-/m1/s1. The number of hydrogen-bond acceptors (Lipinski definition) is 3. The molecular weight excluding hydrogens is 250 g/mol. The Morgan fingerprint density at radius 1 is 1.35 bits per heavy atom. The van der Waals surface area contributed by atoms with Gasteiger partial charge in [0.1, 0.15) is 0 Å². The predicted molar refractivity (Wildman–Crippen MR) is 78.5 cm³/mol. The summed E-state index contributed by atoms with van der Waals surface area (Å²) in [6.45, 7) is 7.63. The molecule has 2 aromatic heterocycles. The summed E-state index contributed by atoms with van der Waals surface area (Å²) in [6.07, 6.45) is 6.26. The number of likely N-dealkylation sites (tertiary alicyclic amines) is 1. The molecule has 0 spiro atoms. The molecule has 1 N–H and O–H groups in total. The van der Waals surface area contributed by atoms with E-state index < -0.39 is 0 Å². The second kappa shape index (κ2) is 5.79. The summed E-state index contributed by atoms with van der Waals surface area (Å²) in [6, 6.07) is 4.67. The molecule has 2 aromatic rings. The van der Waals surface area contributed by atoms with E-state index in [0.717, 1.165) is 13.1 Å². The molecule has 20 heavy (non-hydrogen) atoms. The third-order valence-electron chi connectivity index (χ3n) is 4.09. The number of aromatic amines is 1. The molecule has 3 rings (SSSR count). The molecule has 1 aliphatic heterocycles. The molecule has 0 aromatic carbocycles. The highest BCUT2D eigenvalue weighted by Gasteiger charge is 2.23. The van der Waals surface area contributed by atoms with E-state index in [1.54, 1.807) is 0 Å². The molecule has 0 saturated carbocycles. The minimum Gasteiger partial charge on any atom is -0.297 e. The second-order valence-electron chi connectivity index (χ2n) is 5.95. The molecule has 0 unspecified atom stereocenters. The van der Waals surface area contributed by atoms with Crippen molar-refractivity contribution in [3.63, 3.8) is 0 Å². The Hall–Kier alpha value is -1.62. The van der Waals surface area contributed by atoms with Crippen LogP contribution >= 0.6 is 0 Å². The number of nitrogens with zero attached hydrogens (tertiary/aromatic N) is 4. The van der Waals surface area contributed by atoms with Gasteiger partial charge in [-0.3, -0.25) is 14.7 Å². The molecule has 1 aliphatic rings. The van der Waals surface area contributed by atoms with Crippen molar-refractivity contribution in [1.29, 1.82) is 0 Å². The maximum atomic E-state index is 4.42. The van der Waals surface area contributed by atoms with Gasteiger partial charge in [-0.1, -0.05) is 0 Å². The van der Waals surface area contributed by atoms with E-state index in [9.17, 15) is 0 Å². The van der Waals surface area contributed by atoms with Gasteiger partial charge < -0.3 is 0 Å². The first-order valence-electron chi connectivity index (χ1n) is 7.48. The van der Waals surface area contributed by atoms with Crippen molar-refractivity contribution in [1.82, 2.24) is 24.9 Å². The highest BCUT2D eigenvalue weighted by atomic mass is 15.3. The molecule has 5 nitrogen and oxygen atoms in total. The monoisotopic (exact) mass is 273 g/mol. The average molecular weight is 273 g/mol. The Kier molecular flexibility index (Phi) is 3.87. The Morgan fingerprint density at radius 2 is 2.25 bits per heavy atom. The van der Waals surface area contributed by atoms with Crippen LogP contribution in [0, 0.1) is 0 Å². The van der Waals surface area contributed by atoms with Gasteiger partial charge in [-0.15, -0.1) is 0 Å². The second-order valence-corrected chi connectivity index (χ2v) is 5.95. The van der Waals surface area contributed by atoms with E-state index in [2.05, 4.69) is 50.9 Å². The van der Waals surface area contributed by atoms with Crippen LogP contribution in [0.15, 0.2) is 24.5 Å². The van der Waals surface area contributed by atoms with Crippen LogP contribution in [0.3, 0.4) is 0 Å². The third-order valence-corrected chi connectivity index (χ3v) is 4.09. The summed E-state index contributed by atoms with van der Waals surface area (Å²) in [5.41, 5.74) is 2.58. The normalized spacial score (nSPS) is 20.6. The molecule has 0 amide bonds. The summed E-state index contributed by atoms with van der Waals surface area (Å²) in [5, 5.41) is 11.6. The zero-order valence-electron chi connectivity index (χ0n) is 12.3. The van der Waals surface area contributed by atoms with Gasteiger partial charge in [0, 0.05) is 43.1 Å². The lowest BCUT2D eigenvalue weighted by Crippen LogP contribution is -2.34. The lowest BCUT2D eigenvalue weighted by molar-refractivity contribution is 0.192. The van der Waals surface area contributed by atoms with E-state index in [1.165, 1.54) is 30.8 Å². The number of H-pyrrole nitrogens is 1. The maximum absolute atomic E-state index is 4.42. The molecule has 0 bridgehead atoms. The summed E-state index contributed by atoms with van der Waals surface area (Å²) < 4.78 is 2.12. The van der Waals surface area contributed by atoms with Crippen LogP contribution in [0.25, 0.3) is 0 Å². The molecular formula is C15H23N5. The van der Waals surface area contributed by atoms with Crippen molar-refractivity contribution in [2.24, 2.45) is 0 Å². The molecule has 108 valence electrons. The highest BCUT2D eigenvalue weighted by Crippen LogP contribution is 2.26. The SMILES string of the molecule is CC(C)n1nccc1CN1CCC[C@@H](c2ccn[nH]2)C1. The Balaban J connectivity index is 1.67. The van der Waals surface area contributed by atoms with Crippen LogP contribution in [-0.2, 0) is 6.54 Å². The predicted octanol–water partition coefficient (Wildman–Crippen LogP) is 2.57.